The van der Waals surface area contributed by atoms with Crippen LogP contribution in [0.5, 0.6) is 0 Å². The van der Waals surface area contributed by atoms with Gasteiger partial charge in [0.1, 0.15) is 84.7 Å². The molecule has 1 saturated carbocycles. The molecule has 3 aromatic heterocycles. The van der Waals surface area contributed by atoms with E-state index < -0.39 is 243 Å². The molecule has 13 amide bonds. The summed E-state index contributed by atoms with van der Waals surface area (Å²) in [5, 5.41) is 101. The van der Waals surface area contributed by atoms with E-state index >= 15 is 4.79 Å². The second kappa shape index (κ2) is 48.6. The fourth-order valence-corrected chi connectivity index (χ4v) is 13.9. The van der Waals surface area contributed by atoms with Crippen LogP contribution in [0.4, 0.5) is 25.9 Å². The van der Waals surface area contributed by atoms with E-state index in [4.69, 9.17) is 67.6 Å². The molecular formula is C75H107Br2N21O26. The summed E-state index contributed by atoms with van der Waals surface area (Å²) in [5.41, 5.74) is 36.6. The predicted molar refractivity (Wildman–Crippen MR) is 440 cm³/mol. The van der Waals surface area contributed by atoms with Gasteiger partial charge in [-0.15, -0.1) is 0 Å². The number of aliphatic hydroxyl groups is 7. The number of primary amides is 5. The number of carbonyl (C=O) groups is 12. The Labute approximate surface area is 725 Å². The molecule has 1 aliphatic carbocycles. The minimum absolute atomic E-state index is 0.0112. The van der Waals surface area contributed by atoms with Gasteiger partial charge in [-0.3, -0.25) is 43.2 Å². The number of alkyl carbamates (subject to hydrolysis) is 1. The van der Waals surface area contributed by atoms with Crippen molar-refractivity contribution in [3.8, 4) is 0 Å². The first-order valence-corrected chi connectivity index (χ1v) is 41.3. The standard InChI is InChI=1S/C75H107Br2N21O26/c1-32(2)52(95-51(102)14-17-118-19-20-119-18-16-85-67(110)37-10-13-40-42(21-37)92-45(25-77)44(24-76)91-40)69(112)93-41(7-6-15-86-73(82)115)68(111)90-39-11-8-36(9-12-39)30-120-75(117)94-47(65(81)109)27-87-43(23-50(78)101)66-96-53(33(3)63(79)98-66)70(113)97-54(71(114)89-35(5)55(103)34(4)64(80)108)60(46-26-84-31-88-46)121-48-22-38(28-99)56(104)58(106)61(48)123-72-59(107)62(124-74(83)116)57(105)49(29-100)122-72/h8-13,21,26,31-32,34-35,38,41,43,47-49,52,54-62,72,87,99-100,103-107H,6-7,14-20,22-25,27-30H2,1-5H3,(H2,78,101)(H2,80,108)(H2,81,109)(H2,83,116)(H,84,88)(H,85,110)(H,89,114)(H,90,111)(H,93,112)(H,94,117)(H,95,102)(H,97,113)(H2,79,96,98)(H3,82,86,115)/t34-,35+,38-,41-,43-,47?,48+,49+,52-,54-,55-,56+,57+,58-,59-,60+,61+,62-,72+/m0/s1. The lowest BCUT2D eigenvalue weighted by Gasteiger charge is -2.47. The summed E-state index contributed by atoms with van der Waals surface area (Å²) in [6, 6.07) is 1.15. The number of aromatic nitrogens is 6. The normalized spacial score (nSPS) is 21.0. The van der Waals surface area contributed by atoms with Crippen molar-refractivity contribution in [2.45, 2.75) is 188 Å². The number of nitrogens with zero attached hydrogens (tertiary/aromatic N) is 5. The molecule has 19 atom stereocenters. The first-order valence-electron chi connectivity index (χ1n) is 39.1. The second-order valence-electron chi connectivity index (χ2n) is 29.4. The Hall–Kier alpha value is -10.6. The van der Waals surface area contributed by atoms with Crippen LogP contribution in [-0.4, -0.2) is 288 Å². The molecule has 5 aromatic rings. The van der Waals surface area contributed by atoms with Gasteiger partial charge in [0.2, 0.25) is 41.4 Å². The molecule has 49 heteroatoms. The number of hydrogen-bond acceptors (Lipinski definition) is 33. The molecule has 0 bridgehead atoms. The molecule has 124 heavy (non-hydrogen) atoms. The number of carbonyl (C=O) groups excluding carboxylic acids is 12. The lowest BCUT2D eigenvalue weighted by molar-refractivity contribution is -0.335. The van der Waals surface area contributed by atoms with Gasteiger partial charge >= 0.3 is 18.2 Å². The monoisotopic (exact) mass is 1880 g/mol. The fourth-order valence-electron chi connectivity index (χ4n) is 13.0. The maximum Gasteiger partial charge on any atom is 0.408 e. The van der Waals surface area contributed by atoms with Gasteiger partial charge in [-0.1, -0.05) is 64.8 Å². The van der Waals surface area contributed by atoms with E-state index in [-0.39, 0.29) is 81.6 Å². The van der Waals surface area contributed by atoms with Gasteiger partial charge in [-0.25, -0.2) is 39.3 Å². The molecule has 2 fully saturated rings. The Morgan fingerprint density at radius 1 is 0.694 bits per heavy atom. The number of hydrogen-bond donors (Lipinski definition) is 23. The van der Waals surface area contributed by atoms with E-state index in [1.807, 2.05) is 0 Å². The summed E-state index contributed by atoms with van der Waals surface area (Å²) in [6.07, 6.45) is -22.2. The first kappa shape index (κ1) is 100. The zero-order chi connectivity index (χ0) is 91.3. The van der Waals surface area contributed by atoms with Crippen LogP contribution in [0, 0.1) is 24.7 Å². The largest absolute Gasteiger partial charge is 0.445 e. The number of fused-ring (bicyclic) bond motifs is 1. The van der Waals surface area contributed by atoms with Crippen LogP contribution in [0.2, 0.25) is 0 Å². The van der Waals surface area contributed by atoms with Gasteiger partial charge in [-0.05, 0) is 74.9 Å². The lowest BCUT2D eigenvalue weighted by atomic mass is 9.80. The van der Waals surface area contributed by atoms with Gasteiger partial charge < -0.3 is 156 Å². The third-order valence-electron chi connectivity index (χ3n) is 20.0. The average Bonchev–Trinajstić information content (AvgIpc) is 1.33. The molecule has 47 nitrogen and oxygen atoms in total. The third kappa shape index (κ3) is 29.0. The highest BCUT2D eigenvalue weighted by molar-refractivity contribution is 9.09. The Kier molecular flexibility index (Phi) is 39.3. The van der Waals surface area contributed by atoms with E-state index in [1.165, 1.54) is 45.0 Å². The smallest absolute Gasteiger partial charge is 0.408 e. The number of aromatic amines is 1. The number of benzene rings is 2. The second-order valence-corrected chi connectivity index (χ2v) is 30.6. The molecule has 1 aliphatic heterocycles. The van der Waals surface area contributed by atoms with Crippen molar-refractivity contribution in [3.05, 3.63) is 100 Å². The number of alkyl halides is 2. The summed E-state index contributed by atoms with van der Waals surface area (Å²) in [4.78, 5) is 183. The van der Waals surface area contributed by atoms with Crippen LogP contribution in [0.1, 0.15) is 127 Å². The van der Waals surface area contributed by atoms with Crippen LogP contribution in [0.25, 0.3) is 11.0 Å². The molecule has 4 heterocycles. The first-order chi connectivity index (χ1) is 58.9. The predicted octanol–water partition coefficient (Wildman–Crippen LogP) is -4.79. The maximum absolute atomic E-state index is 15.1. The van der Waals surface area contributed by atoms with E-state index in [9.17, 15) is 88.5 Å². The molecule has 7 rings (SSSR count). The van der Waals surface area contributed by atoms with Crippen LogP contribution in [0.3, 0.4) is 0 Å². The highest BCUT2D eigenvalue weighted by Crippen LogP contribution is 2.37. The number of urea groups is 1. The lowest BCUT2D eigenvalue weighted by Crippen LogP contribution is -2.64. The molecule has 1 unspecified atom stereocenters. The van der Waals surface area contributed by atoms with Crippen LogP contribution < -0.4 is 82.3 Å². The minimum Gasteiger partial charge on any atom is -0.445 e. The van der Waals surface area contributed by atoms with Gasteiger partial charge in [-0.2, -0.15) is 0 Å². The Balaban J connectivity index is 0.974. The zero-order valence-electron chi connectivity index (χ0n) is 68.1. The summed E-state index contributed by atoms with van der Waals surface area (Å²) < 4.78 is 39.7. The molecule has 2 aliphatic rings. The molecule has 682 valence electrons. The molecular weight excluding hydrogens is 1770 g/mol. The zero-order valence-corrected chi connectivity index (χ0v) is 71.3. The fraction of sp³-hybridized carbons (Fsp3) is 0.560. The number of imidazole rings is 1. The van der Waals surface area contributed by atoms with Crippen molar-refractivity contribution in [3.63, 3.8) is 0 Å². The number of amides is 13. The number of ether oxygens (including phenoxy) is 7. The highest BCUT2D eigenvalue weighted by Gasteiger charge is 2.53. The van der Waals surface area contributed by atoms with Gasteiger partial charge in [0.05, 0.1) is 110 Å². The van der Waals surface area contributed by atoms with Crippen molar-refractivity contribution in [1.82, 2.24) is 72.4 Å². The van der Waals surface area contributed by atoms with E-state index in [2.05, 4.69) is 110 Å². The van der Waals surface area contributed by atoms with E-state index in [0.29, 0.717) is 32.8 Å². The quantitative estimate of drug-likeness (QED) is 0.0128. The maximum atomic E-state index is 15.1. The molecule has 2 aromatic carbocycles. The summed E-state index contributed by atoms with van der Waals surface area (Å²) in [6.45, 7) is 5.02. The van der Waals surface area contributed by atoms with Crippen molar-refractivity contribution in [2.75, 3.05) is 70.3 Å². The minimum atomic E-state index is -2.13. The summed E-state index contributed by atoms with van der Waals surface area (Å²) in [7, 11) is 0. The number of aliphatic hydroxyl groups excluding tert-OH is 7. The van der Waals surface area contributed by atoms with Crippen LogP contribution in [-0.2, 0) is 84.0 Å². The number of halogens is 2. The van der Waals surface area contributed by atoms with Crippen LogP contribution in [0.15, 0.2) is 55.0 Å². The number of nitrogens with one attached hydrogen (secondary N) is 10. The summed E-state index contributed by atoms with van der Waals surface area (Å²) in [5.74, 6) is -11.7. The van der Waals surface area contributed by atoms with E-state index in [0.717, 1.165) is 23.9 Å². The summed E-state index contributed by atoms with van der Waals surface area (Å²) >= 11 is 6.84. The van der Waals surface area contributed by atoms with E-state index in [1.54, 1.807) is 32.0 Å². The number of nitrogen functional groups attached to an aromatic ring is 1. The Morgan fingerprint density at radius 3 is 1.98 bits per heavy atom. The highest BCUT2D eigenvalue weighted by atomic mass is 79.9. The number of H-pyrrole nitrogens is 1. The molecule has 0 spiro atoms. The molecule has 29 N–H and O–H groups in total. The molecule has 0 radical (unpaired) electrons. The number of nitrogens with two attached hydrogens (primary N) is 6. The van der Waals surface area contributed by atoms with Gasteiger partial charge in [0.25, 0.3) is 11.8 Å². The SMILES string of the molecule is Cc1c(N)nc([C@H](CC(N)=O)NCC(NC(=O)OCc2ccc(NC(=O)[C@H](CCCNC(N)=O)NC(=O)[C@@H](NC(=O)CCOCCOCCNC(=O)c3ccc4nc(CBr)c(CBr)nc4c3)C(C)C)cc2)C(N)=O)nc1C(=O)N[C@H](C(=O)N[C@H](C)[C@@H](O)[C@H](C)C(N)=O)[C@H](O[C@@H]1C[C@@H](CO)[C@@H](O)[C@H](O)[C@@H]1O[C@H]1O[C@H](CO)[C@@H](O)[C@H](OC(N)=O)[C@@H]1O)c1cnc[nH]1. The van der Waals surface area contributed by atoms with Crippen molar-refractivity contribution in [1.29, 1.82) is 0 Å². The van der Waals surface area contributed by atoms with Crippen molar-refractivity contribution >= 4 is 126 Å². The number of anilines is 2. The average molecular weight is 1880 g/mol. The van der Waals surface area contributed by atoms with Crippen molar-refractivity contribution in [2.24, 2.45) is 46.4 Å². The topological polar surface area (TPSA) is 756 Å². The van der Waals surface area contributed by atoms with Gasteiger partial charge in [0.15, 0.2) is 12.4 Å². The molecule has 1 saturated heterocycles. The third-order valence-corrected chi connectivity index (χ3v) is 21.1. The van der Waals surface area contributed by atoms with Gasteiger partial charge in [0, 0.05) is 72.5 Å². The number of rotatable bonds is 48. The van der Waals surface area contributed by atoms with Crippen molar-refractivity contribution < 1.29 is 126 Å². The Morgan fingerprint density at radius 2 is 1.37 bits per heavy atom. The Bertz CT molecular complexity index is 4480. The van der Waals surface area contributed by atoms with Crippen LogP contribution >= 0.6 is 31.9 Å².